The Kier molecular flexibility index (Phi) is 9.02. The lowest BCUT2D eigenvalue weighted by Gasteiger charge is -2.40. The van der Waals surface area contributed by atoms with Crippen molar-refractivity contribution < 1.29 is 60.3 Å². The number of hydrogen-bond donors (Lipinski definition) is 2. The molecule has 2 aromatic rings. The average Bonchev–Trinajstić information content (AvgIpc) is 3.52. The molecule has 0 bridgehead atoms. The Hall–Kier alpha value is -4.01. The predicted molar refractivity (Wildman–Crippen MR) is 158 cm³/mol. The molecule has 2 aromatic carbocycles. The van der Waals surface area contributed by atoms with Crippen LogP contribution in [0.1, 0.15) is 69.5 Å². The zero-order valence-corrected chi connectivity index (χ0v) is 26.4. The minimum atomic E-state index is -4.92. The Balaban J connectivity index is 1.22. The SMILES string of the molecule is CCCN(CCO)C(=O)C1CCC([C@H]2C[C@@H](NC(=O)[C@@]3(C)COc4cc5c(cc43)OC(F)(F)O5)c3ccc(OC(F)(F)F)cc3O2)CC1. The second kappa shape index (κ2) is 12.8. The maximum Gasteiger partial charge on any atom is 0.586 e. The number of rotatable bonds is 9. The van der Waals surface area contributed by atoms with Gasteiger partial charge >= 0.3 is 12.7 Å². The average molecular weight is 685 g/mol. The number of ether oxygens (including phenoxy) is 5. The fourth-order valence-electron chi connectivity index (χ4n) is 7.15. The number of carbonyl (C=O) groups excluding carboxylic acids is 2. The van der Waals surface area contributed by atoms with Gasteiger partial charge < -0.3 is 39.0 Å². The number of alkyl halides is 5. The monoisotopic (exact) mass is 684 g/mol. The van der Waals surface area contributed by atoms with Crippen LogP contribution in [0.2, 0.25) is 0 Å². The molecule has 0 saturated heterocycles. The van der Waals surface area contributed by atoms with Crippen molar-refractivity contribution in [3.63, 3.8) is 0 Å². The molecule has 10 nitrogen and oxygen atoms in total. The molecule has 262 valence electrons. The van der Waals surface area contributed by atoms with Crippen LogP contribution in [-0.2, 0) is 15.0 Å². The van der Waals surface area contributed by atoms with E-state index in [1.54, 1.807) is 11.8 Å². The van der Waals surface area contributed by atoms with E-state index >= 15 is 0 Å². The van der Waals surface area contributed by atoms with E-state index in [0.29, 0.717) is 49.8 Å². The highest BCUT2D eigenvalue weighted by molar-refractivity contribution is 5.90. The molecular formula is C33H37F5N2O8. The summed E-state index contributed by atoms with van der Waals surface area (Å²) in [5.74, 6) is -1.37. The summed E-state index contributed by atoms with van der Waals surface area (Å²) in [4.78, 5) is 28.8. The first kappa shape index (κ1) is 33.9. The summed E-state index contributed by atoms with van der Waals surface area (Å²) in [5, 5.41) is 12.4. The van der Waals surface area contributed by atoms with Gasteiger partial charge in [0.2, 0.25) is 11.8 Å². The predicted octanol–water partition coefficient (Wildman–Crippen LogP) is 5.60. The quantitative estimate of drug-likeness (QED) is 0.328. The van der Waals surface area contributed by atoms with E-state index in [1.807, 2.05) is 6.92 Å². The fourth-order valence-corrected chi connectivity index (χ4v) is 7.15. The van der Waals surface area contributed by atoms with Gasteiger partial charge in [-0.1, -0.05) is 6.92 Å². The Morgan fingerprint density at radius 2 is 1.73 bits per heavy atom. The molecular weight excluding hydrogens is 647 g/mol. The summed E-state index contributed by atoms with van der Waals surface area (Å²) in [6, 6.07) is 5.57. The fraction of sp³-hybridized carbons (Fsp3) is 0.576. The number of nitrogens with zero attached hydrogens (tertiary/aromatic N) is 1. The lowest BCUT2D eigenvalue weighted by atomic mass is 9.76. The number of halogens is 5. The van der Waals surface area contributed by atoms with Gasteiger partial charge in [0.15, 0.2) is 11.5 Å². The number of hydrogen-bond acceptors (Lipinski definition) is 8. The summed E-state index contributed by atoms with van der Waals surface area (Å²) in [6.45, 7) is 4.15. The first-order valence-electron chi connectivity index (χ1n) is 16.0. The highest BCUT2D eigenvalue weighted by Gasteiger charge is 2.50. The summed E-state index contributed by atoms with van der Waals surface area (Å²) in [7, 11) is 0. The van der Waals surface area contributed by atoms with Gasteiger partial charge in [-0.15, -0.1) is 22.0 Å². The number of benzene rings is 2. The molecule has 0 radical (unpaired) electrons. The molecule has 3 heterocycles. The Morgan fingerprint density at radius 3 is 2.40 bits per heavy atom. The third-order valence-electron chi connectivity index (χ3n) is 9.58. The van der Waals surface area contributed by atoms with Crippen LogP contribution in [-0.4, -0.2) is 66.9 Å². The largest absolute Gasteiger partial charge is 0.586 e. The van der Waals surface area contributed by atoms with Crippen LogP contribution in [0.25, 0.3) is 0 Å². The highest BCUT2D eigenvalue weighted by Crippen LogP contribution is 2.50. The van der Waals surface area contributed by atoms with Gasteiger partial charge in [0, 0.05) is 48.7 Å². The van der Waals surface area contributed by atoms with E-state index < -0.39 is 41.9 Å². The van der Waals surface area contributed by atoms with Crippen LogP contribution in [0.15, 0.2) is 30.3 Å². The van der Waals surface area contributed by atoms with Gasteiger partial charge in [-0.3, -0.25) is 9.59 Å². The van der Waals surface area contributed by atoms with Crippen LogP contribution in [0, 0.1) is 11.8 Å². The summed E-state index contributed by atoms with van der Waals surface area (Å²) < 4.78 is 91.9. The van der Waals surface area contributed by atoms with Crippen molar-refractivity contribution in [3.05, 3.63) is 41.5 Å². The molecule has 2 N–H and O–H groups in total. The molecule has 4 aliphatic rings. The van der Waals surface area contributed by atoms with Crippen molar-refractivity contribution in [2.24, 2.45) is 11.8 Å². The molecule has 48 heavy (non-hydrogen) atoms. The lowest BCUT2D eigenvalue weighted by molar-refractivity contribution is -0.286. The summed E-state index contributed by atoms with van der Waals surface area (Å²) in [6.07, 6.45) is -5.82. The van der Waals surface area contributed by atoms with Crippen molar-refractivity contribution in [2.75, 3.05) is 26.3 Å². The van der Waals surface area contributed by atoms with E-state index in [9.17, 15) is 36.6 Å². The van der Waals surface area contributed by atoms with Gasteiger partial charge in [-0.25, -0.2) is 0 Å². The number of amides is 2. The van der Waals surface area contributed by atoms with E-state index in [4.69, 9.17) is 9.47 Å². The van der Waals surface area contributed by atoms with E-state index in [1.165, 1.54) is 18.2 Å². The van der Waals surface area contributed by atoms with Crippen LogP contribution in [0.5, 0.6) is 28.7 Å². The minimum absolute atomic E-state index is 0.00280. The molecule has 0 spiro atoms. The molecule has 1 fully saturated rings. The van der Waals surface area contributed by atoms with Crippen LogP contribution >= 0.6 is 0 Å². The maximum atomic E-state index is 14.0. The summed E-state index contributed by atoms with van der Waals surface area (Å²) >= 11 is 0. The molecule has 3 aliphatic heterocycles. The molecule has 0 unspecified atom stereocenters. The normalized spacial score (nSPS) is 26.8. The van der Waals surface area contributed by atoms with E-state index in [0.717, 1.165) is 18.6 Å². The van der Waals surface area contributed by atoms with Crippen LogP contribution < -0.4 is 29.0 Å². The lowest BCUT2D eigenvalue weighted by Crippen LogP contribution is -2.48. The van der Waals surface area contributed by atoms with Crippen molar-refractivity contribution >= 4 is 11.8 Å². The third kappa shape index (κ3) is 6.78. The number of aliphatic hydroxyl groups excluding tert-OH is 1. The van der Waals surface area contributed by atoms with E-state index in [2.05, 4.69) is 19.5 Å². The van der Waals surface area contributed by atoms with Gasteiger partial charge in [0.05, 0.1) is 12.6 Å². The van der Waals surface area contributed by atoms with Gasteiger partial charge in [0.25, 0.3) is 0 Å². The number of nitrogens with one attached hydrogen (secondary N) is 1. The highest BCUT2D eigenvalue weighted by atomic mass is 19.4. The molecule has 6 rings (SSSR count). The molecule has 1 aliphatic carbocycles. The standard InChI is InChI=1S/C33H37F5N2O8/c1-3-10-40(11-12-41)29(42)19-6-4-18(5-7-19)24-15-23(21-9-8-20(13-25(21)45-24)46-32(34,35)36)39-30(43)31(2)17-44-26-16-28-27(14-22(26)31)47-33(37,38)48-28/h8-9,13-14,16,18-19,23-24,41H,3-7,10-12,15,17H2,1-2H3,(H,39,43)/t18?,19?,23-,24-,31+/m1/s1. The van der Waals surface area contributed by atoms with Crippen molar-refractivity contribution in [1.82, 2.24) is 10.2 Å². The maximum absolute atomic E-state index is 14.0. The first-order valence-corrected chi connectivity index (χ1v) is 16.0. The van der Waals surface area contributed by atoms with Crippen LogP contribution in [0.3, 0.4) is 0 Å². The molecule has 2 amide bonds. The second-order valence-electron chi connectivity index (χ2n) is 12.9. The summed E-state index contributed by atoms with van der Waals surface area (Å²) in [5.41, 5.74) is -0.555. The third-order valence-corrected chi connectivity index (χ3v) is 9.58. The Morgan fingerprint density at radius 1 is 1.02 bits per heavy atom. The molecule has 3 atom stereocenters. The van der Waals surface area contributed by atoms with E-state index in [-0.39, 0.29) is 60.5 Å². The van der Waals surface area contributed by atoms with Crippen molar-refractivity contribution in [2.45, 2.75) is 82.6 Å². The number of aliphatic hydroxyl groups is 1. The zero-order chi connectivity index (χ0) is 34.4. The van der Waals surface area contributed by atoms with Gasteiger partial charge in [0.1, 0.15) is 35.4 Å². The van der Waals surface area contributed by atoms with Crippen molar-refractivity contribution in [3.8, 4) is 28.7 Å². The number of carbonyl (C=O) groups is 2. The minimum Gasteiger partial charge on any atom is -0.492 e. The second-order valence-corrected chi connectivity index (χ2v) is 12.9. The number of fused-ring (bicyclic) bond motifs is 3. The van der Waals surface area contributed by atoms with Gasteiger partial charge in [-0.05, 0) is 63.1 Å². The Bertz CT molecular complexity index is 1540. The zero-order valence-electron chi connectivity index (χ0n) is 26.4. The Labute approximate surface area is 273 Å². The molecule has 1 saturated carbocycles. The van der Waals surface area contributed by atoms with Crippen molar-refractivity contribution in [1.29, 1.82) is 0 Å². The first-order chi connectivity index (χ1) is 22.7. The molecule has 15 heteroatoms. The smallest absolute Gasteiger partial charge is 0.492 e. The topological polar surface area (TPSA) is 116 Å². The van der Waals surface area contributed by atoms with Crippen LogP contribution in [0.4, 0.5) is 22.0 Å². The molecule has 0 aromatic heterocycles. The van der Waals surface area contributed by atoms with Gasteiger partial charge in [-0.2, -0.15) is 0 Å².